The molecule has 0 saturated heterocycles. The number of rotatable bonds is 3. The van der Waals surface area contributed by atoms with Gasteiger partial charge in [0.05, 0.1) is 6.10 Å². The molecule has 4 aromatic rings. The number of aryl methyl sites for hydroxylation is 1. The molecule has 126 valence electrons. The van der Waals surface area contributed by atoms with Gasteiger partial charge in [0, 0.05) is 52.3 Å². The standard InChI is InChI=1S/C19H18N4OS/c1-10(24)17-7-15-14(6-16(11-3-4-11)21-19(15)25-17)12-5-13-9-23(2)22-18(13)20-8-12/h5-11,24H,3-4H2,1-2H3. The van der Waals surface area contributed by atoms with Crippen LogP contribution >= 0.6 is 11.3 Å². The molecule has 25 heavy (non-hydrogen) atoms. The number of hydrogen-bond donors (Lipinski definition) is 1. The molecule has 0 amide bonds. The van der Waals surface area contributed by atoms with Crippen molar-refractivity contribution >= 4 is 32.6 Å². The first-order valence-electron chi connectivity index (χ1n) is 8.51. The zero-order chi connectivity index (χ0) is 17.1. The summed E-state index contributed by atoms with van der Waals surface area (Å²) in [5, 5.41) is 16.5. The molecule has 1 aliphatic carbocycles. The highest BCUT2D eigenvalue weighted by Crippen LogP contribution is 2.43. The van der Waals surface area contributed by atoms with Crippen LogP contribution in [0.2, 0.25) is 0 Å². The van der Waals surface area contributed by atoms with Gasteiger partial charge in [-0.25, -0.2) is 9.97 Å². The van der Waals surface area contributed by atoms with Crippen LogP contribution in [0.5, 0.6) is 0 Å². The van der Waals surface area contributed by atoms with Gasteiger partial charge < -0.3 is 5.11 Å². The van der Waals surface area contributed by atoms with Gasteiger partial charge in [-0.1, -0.05) is 0 Å². The molecule has 0 radical (unpaired) electrons. The molecule has 1 fully saturated rings. The highest BCUT2D eigenvalue weighted by molar-refractivity contribution is 7.18. The van der Waals surface area contributed by atoms with Crippen LogP contribution < -0.4 is 0 Å². The van der Waals surface area contributed by atoms with Gasteiger partial charge in [-0.15, -0.1) is 11.3 Å². The summed E-state index contributed by atoms with van der Waals surface area (Å²) >= 11 is 1.58. The molecule has 0 aromatic carbocycles. The Hall–Kier alpha value is -2.31. The van der Waals surface area contributed by atoms with E-state index in [4.69, 9.17) is 4.98 Å². The maximum absolute atomic E-state index is 9.98. The van der Waals surface area contributed by atoms with Crippen molar-refractivity contribution in [3.05, 3.63) is 41.2 Å². The van der Waals surface area contributed by atoms with Crippen molar-refractivity contribution in [1.82, 2.24) is 19.7 Å². The second-order valence-corrected chi connectivity index (χ2v) is 7.91. The number of pyridine rings is 2. The van der Waals surface area contributed by atoms with Crippen LogP contribution in [0, 0.1) is 0 Å². The first-order chi connectivity index (χ1) is 12.1. The lowest BCUT2D eigenvalue weighted by Crippen LogP contribution is -1.90. The molecule has 1 saturated carbocycles. The smallest absolute Gasteiger partial charge is 0.181 e. The first kappa shape index (κ1) is 15.0. The van der Waals surface area contributed by atoms with Crippen molar-refractivity contribution in [3.8, 4) is 11.1 Å². The van der Waals surface area contributed by atoms with Gasteiger partial charge in [0.15, 0.2) is 5.65 Å². The van der Waals surface area contributed by atoms with Crippen molar-refractivity contribution in [3.63, 3.8) is 0 Å². The summed E-state index contributed by atoms with van der Waals surface area (Å²) in [6, 6.07) is 6.41. The Morgan fingerprint density at radius 1 is 1.28 bits per heavy atom. The molecule has 5 rings (SSSR count). The van der Waals surface area contributed by atoms with Crippen molar-refractivity contribution in [1.29, 1.82) is 0 Å². The quantitative estimate of drug-likeness (QED) is 0.602. The Bertz CT molecular complexity index is 1110. The van der Waals surface area contributed by atoms with Crippen LogP contribution in [0.4, 0.5) is 0 Å². The summed E-state index contributed by atoms with van der Waals surface area (Å²) < 4.78 is 1.79. The SMILES string of the molecule is CC(O)c1cc2c(-c3cnc4nn(C)cc4c3)cc(C3CC3)nc2s1. The molecule has 4 heterocycles. The molecule has 0 aliphatic heterocycles. The van der Waals surface area contributed by atoms with Gasteiger partial charge in [-0.05, 0) is 43.5 Å². The maximum atomic E-state index is 9.98. The number of fused-ring (bicyclic) bond motifs is 2. The van der Waals surface area contributed by atoms with Crippen molar-refractivity contribution in [2.24, 2.45) is 7.05 Å². The molecule has 5 nitrogen and oxygen atoms in total. The van der Waals surface area contributed by atoms with E-state index >= 15 is 0 Å². The fourth-order valence-electron chi connectivity index (χ4n) is 3.26. The lowest BCUT2D eigenvalue weighted by Gasteiger charge is -2.06. The fourth-order valence-corrected chi connectivity index (χ4v) is 4.26. The lowest BCUT2D eigenvalue weighted by atomic mass is 10.0. The lowest BCUT2D eigenvalue weighted by molar-refractivity contribution is 0.203. The summed E-state index contributed by atoms with van der Waals surface area (Å²) in [5.74, 6) is 0.579. The van der Waals surface area contributed by atoms with E-state index in [-0.39, 0.29) is 0 Å². The van der Waals surface area contributed by atoms with Gasteiger partial charge >= 0.3 is 0 Å². The third kappa shape index (κ3) is 2.53. The second-order valence-electron chi connectivity index (χ2n) is 6.85. The number of nitrogens with zero attached hydrogens (tertiary/aromatic N) is 4. The molecule has 4 aromatic heterocycles. The minimum atomic E-state index is -0.477. The van der Waals surface area contributed by atoms with E-state index in [2.05, 4.69) is 28.3 Å². The van der Waals surface area contributed by atoms with E-state index in [9.17, 15) is 5.11 Å². The maximum Gasteiger partial charge on any atom is 0.181 e. The average Bonchev–Trinajstić information content (AvgIpc) is 3.23. The topological polar surface area (TPSA) is 63.8 Å². The zero-order valence-electron chi connectivity index (χ0n) is 14.1. The summed E-state index contributed by atoms with van der Waals surface area (Å²) in [5.41, 5.74) is 4.14. The van der Waals surface area contributed by atoms with Crippen LogP contribution in [0.25, 0.3) is 32.4 Å². The number of aliphatic hydroxyl groups excluding tert-OH is 1. The monoisotopic (exact) mass is 350 g/mol. The highest BCUT2D eigenvalue weighted by atomic mass is 32.1. The third-order valence-electron chi connectivity index (χ3n) is 4.74. The molecule has 0 bridgehead atoms. The highest BCUT2D eigenvalue weighted by Gasteiger charge is 2.27. The van der Waals surface area contributed by atoms with Crippen molar-refractivity contribution in [2.75, 3.05) is 0 Å². The average molecular weight is 350 g/mol. The number of hydrogen-bond acceptors (Lipinski definition) is 5. The van der Waals surface area contributed by atoms with Crippen molar-refractivity contribution in [2.45, 2.75) is 31.8 Å². The van der Waals surface area contributed by atoms with E-state index < -0.39 is 6.10 Å². The molecule has 0 spiro atoms. The molecule has 1 aliphatic rings. The number of aliphatic hydroxyl groups is 1. The Morgan fingerprint density at radius 3 is 2.88 bits per heavy atom. The van der Waals surface area contributed by atoms with Gasteiger partial charge in [0.2, 0.25) is 0 Å². The molecule has 1 unspecified atom stereocenters. The number of aromatic nitrogens is 4. The Morgan fingerprint density at radius 2 is 2.12 bits per heavy atom. The molecule has 6 heteroatoms. The summed E-state index contributed by atoms with van der Waals surface area (Å²) in [4.78, 5) is 11.3. The Kier molecular flexibility index (Phi) is 3.20. The first-order valence-corrected chi connectivity index (χ1v) is 9.32. The Balaban J connectivity index is 1.76. The van der Waals surface area contributed by atoms with E-state index in [1.807, 2.05) is 19.4 Å². The summed E-state index contributed by atoms with van der Waals surface area (Å²) in [6.45, 7) is 1.80. The minimum absolute atomic E-state index is 0.477. The van der Waals surface area contributed by atoms with E-state index in [1.54, 1.807) is 22.9 Å². The van der Waals surface area contributed by atoms with E-state index in [1.165, 1.54) is 12.8 Å². The number of thiophene rings is 1. The zero-order valence-corrected chi connectivity index (χ0v) is 14.9. The molecular formula is C19H18N4OS. The summed E-state index contributed by atoms with van der Waals surface area (Å²) in [7, 11) is 1.91. The van der Waals surface area contributed by atoms with Crippen LogP contribution in [0.3, 0.4) is 0 Å². The van der Waals surface area contributed by atoms with E-state index in [0.717, 1.165) is 42.9 Å². The van der Waals surface area contributed by atoms with Gasteiger partial charge in [-0.2, -0.15) is 5.10 Å². The van der Waals surface area contributed by atoms with Crippen LogP contribution in [0.15, 0.2) is 30.6 Å². The van der Waals surface area contributed by atoms with Gasteiger partial charge in [-0.3, -0.25) is 4.68 Å². The minimum Gasteiger partial charge on any atom is -0.388 e. The van der Waals surface area contributed by atoms with Crippen molar-refractivity contribution < 1.29 is 5.11 Å². The third-order valence-corrected chi connectivity index (χ3v) is 5.94. The predicted octanol–water partition coefficient (Wildman–Crippen LogP) is 4.18. The van der Waals surface area contributed by atoms with Crippen LogP contribution in [-0.4, -0.2) is 24.9 Å². The van der Waals surface area contributed by atoms with Gasteiger partial charge in [0.25, 0.3) is 0 Å². The largest absolute Gasteiger partial charge is 0.388 e. The molecule has 1 N–H and O–H groups in total. The normalized spacial score (nSPS) is 16.0. The van der Waals surface area contributed by atoms with Crippen LogP contribution in [-0.2, 0) is 7.05 Å². The Labute approximate surface area is 149 Å². The summed E-state index contributed by atoms with van der Waals surface area (Å²) in [6.07, 6.45) is 5.83. The van der Waals surface area contributed by atoms with Crippen LogP contribution in [0.1, 0.15) is 42.4 Å². The van der Waals surface area contributed by atoms with Gasteiger partial charge in [0.1, 0.15) is 4.83 Å². The molecular weight excluding hydrogens is 332 g/mol. The fraction of sp³-hybridized carbons (Fsp3) is 0.316. The molecule has 1 atom stereocenters. The predicted molar refractivity (Wildman–Crippen MR) is 99.7 cm³/mol. The second kappa shape index (κ2) is 5.34. The van der Waals surface area contributed by atoms with E-state index in [0.29, 0.717) is 5.92 Å².